The standard InChI is InChI=1S/C30H38N6O4/c1-20(2)18-24(33-28(38)21-8-10-23(11-9-21)34-16-13-31-14-17-34)29(39)35-15-12-25-27(35)26(37)19-36(25)30(40)32-22-6-4-3-5-7-22/h3-11,20,24-25,27,31H,12-19H2,1-2H3,(H,32,40)(H,33,38). The number of amides is 4. The molecule has 0 aliphatic carbocycles. The number of urea groups is 1. The van der Waals surface area contributed by atoms with Crippen molar-refractivity contribution in [2.24, 2.45) is 5.92 Å². The van der Waals surface area contributed by atoms with Crippen LogP contribution in [0.25, 0.3) is 0 Å². The minimum atomic E-state index is -0.765. The molecule has 2 aromatic rings. The Morgan fingerprint density at radius 2 is 1.65 bits per heavy atom. The summed E-state index contributed by atoms with van der Waals surface area (Å²) in [6.45, 7) is 8.00. The highest BCUT2D eigenvalue weighted by molar-refractivity contribution is 6.02. The molecule has 40 heavy (non-hydrogen) atoms. The summed E-state index contributed by atoms with van der Waals surface area (Å²) in [5, 5.41) is 9.12. The number of Topliss-reactive ketones (excluding diaryl/α,β-unsaturated/α-hetero) is 1. The van der Waals surface area contributed by atoms with Gasteiger partial charge in [-0.25, -0.2) is 4.79 Å². The van der Waals surface area contributed by atoms with Gasteiger partial charge in [0.05, 0.1) is 12.6 Å². The first-order valence-corrected chi connectivity index (χ1v) is 14.1. The quantitative estimate of drug-likeness (QED) is 0.491. The maximum atomic E-state index is 13.8. The van der Waals surface area contributed by atoms with E-state index in [2.05, 4.69) is 20.9 Å². The topological polar surface area (TPSA) is 114 Å². The second kappa shape index (κ2) is 12.1. The van der Waals surface area contributed by atoms with E-state index in [0.29, 0.717) is 30.6 Å². The predicted octanol–water partition coefficient (Wildman–Crippen LogP) is 2.33. The van der Waals surface area contributed by atoms with Crippen LogP contribution in [0, 0.1) is 5.92 Å². The molecule has 0 aromatic heterocycles. The van der Waals surface area contributed by atoms with Crippen molar-refractivity contribution in [2.45, 2.75) is 44.8 Å². The molecule has 0 spiro atoms. The summed E-state index contributed by atoms with van der Waals surface area (Å²) in [5.74, 6) is -0.596. The number of carbonyl (C=O) groups excluding carboxylic acids is 4. The highest BCUT2D eigenvalue weighted by atomic mass is 16.2. The Hall–Kier alpha value is -3.92. The summed E-state index contributed by atoms with van der Waals surface area (Å²) in [7, 11) is 0. The molecule has 4 amide bonds. The molecule has 3 N–H and O–H groups in total. The van der Waals surface area contributed by atoms with Crippen LogP contribution in [-0.4, -0.2) is 90.8 Å². The number of nitrogens with zero attached hydrogens (tertiary/aromatic N) is 3. The lowest BCUT2D eigenvalue weighted by atomic mass is 10.0. The van der Waals surface area contributed by atoms with Crippen molar-refractivity contribution in [2.75, 3.05) is 49.5 Å². The summed E-state index contributed by atoms with van der Waals surface area (Å²) >= 11 is 0. The van der Waals surface area contributed by atoms with Gasteiger partial charge in [0.25, 0.3) is 5.91 Å². The fraction of sp³-hybridized carbons (Fsp3) is 0.467. The van der Waals surface area contributed by atoms with E-state index < -0.39 is 12.1 Å². The number of benzene rings is 2. The molecular formula is C30H38N6O4. The summed E-state index contributed by atoms with van der Waals surface area (Å²) in [6, 6.07) is 14.4. The third kappa shape index (κ3) is 5.96. The van der Waals surface area contributed by atoms with E-state index in [1.54, 1.807) is 29.2 Å². The van der Waals surface area contributed by atoms with Crippen molar-refractivity contribution in [3.05, 3.63) is 60.2 Å². The Morgan fingerprint density at radius 3 is 2.33 bits per heavy atom. The van der Waals surface area contributed by atoms with Gasteiger partial charge in [-0.1, -0.05) is 32.0 Å². The van der Waals surface area contributed by atoms with Crippen LogP contribution in [0.2, 0.25) is 0 Å². The molecule has 10 heteroatoms. The van der Waals surface area contributed by atoms with Gasteiger partial charge in [-0.3, -0.25) is 14.4 Å². The Morgan fingerprint density at radius 1 is 0.950 bits per heavy atom. The van der Waals surface area contributed by atoms with Crippen LogP contribution in [0.4, 0.5) is 16.2 Å². The molecule has 5 rings (SSSR count). The zero-order valence-electron chi connectivity index (χ0n) is 23.1. The van der Waals surface area contributed by atoms with Gasteiger partial charge < -0.3 is 30.7 Å². The average Bonchev–Trinajstić information content (AvgIpc) is 3.54. The Bertz CT molecular complexity index is 1230. The molecule has 2 aromatic carbocycles. The first kappa shape index (κ1) is 27.6. The maximum Gasteiger partial charge on any atom is 0.322 e. The Balaban J connectivity index is 1.25. The molecule has 3 unspecified atom stereocenters. The van der Waals surface area contributed by atoms with Gasteiger partial charge in [0.1, 0.15) is 12.1 Å². The van der Waals surface area contributed by atoms with Crippen LogP contribution in [0.15, 0.2) is 54.6 Å². The maximum absolute atomic E-state index is 13.8. The van der Waals surface area contributed by atoms with Crippen molar-refractivity contribution in [1.29, 1.82) is 0 Å². The van der Waals surface area contributed by atoms with Crippen LogP contribution in [0.3, 0.4) is 0 Å². The normalized spacial score (nSPS) is 21.4. The number of para-hydroxylation sites is 1. The third-order valence-corrected chi connectivity index (χ3v) is 7.91. The highest BCUT2D eigenvalue weighted by Crippen LogP contribution is 2.31. The van der Waals surface area contributed by atoms with E-state index >= 15 is 0 Å². The van der Waals surface area contributed by atoms with Crippen LogP contribution in [0.5, 0.6) is 0 Å². The molecule has 0 saturated carbocycles. The zero-order valence-corrected chi connectivity index (χ0v) is 23.1. The molecule has 212 valence electrons. The largest absolute Gasteiger partial charge is 0.369 e. The third-order valence-electron chi connectivity index (χ3n) is 7.91. The fourth-order valence-electron chi connectivity index (χ4n) is 5.94. The lowest BCUT2D eigenvalue weighted by Gasteiger charge is -2.30. The van der Waals surface area contributed by atoms with Crippen LogP contribution in [0.1, 0.15) is 37.0 Å². The number of piperazine rings is 1. The first-order chi connectivity index (χ1) is 19.3. The molecule has 3 saturated heterocycles. The number of fused-ring (bicyclic) bond motifs is 1. The molecule has 3 aliphatic heterocycles. The number of anilines is 2. The molecule has 0 radical (unpaired) electrons. The minimum Gasteiger partial charge on any atom is -0.369 e. The van der Waals surface area contributed by atoms with E-state index in [0.717, 1.165) is 31.9 Å². The van der Waals surface area contributed by atoms with Gasteiger partial charge in [0, 0.05) is 49.7 Å². The van der Waals surface area contributed by atoms with Gasteiger partial charge >= 0.3 is 6.03 Å². The number of nitrogens with one attached hydrogen (secondary N) is 3. The lowest BCUT2D eigenvalue weighted by Crippen LogP contribution is -2.53. The predicted molar refractivity (Wildman–Crippen MR) is 153 cm³/mol. The van der Waals surface area contributed by atoms with Gasteiger partial charge in [-0.2, -0.15) is 0 Å². The molecule has 3 aliphatic rings. The average molecular weight is 547 g/mol. The van der Waals surface area contributed by atoms with Crippen LogP contribution < -0.4 is 20.9 Å². The molecule has 10 nitrogen and oxygen atoms in total. The van der Waals surface area contributed by atoms with Crippen molar-refractivity contribution < 1.29 is 19.2 Å². The first-order valence-electron chi connectivity index (χ1n) is 14.1. The minimum absolute atomic E-state index is 0.0432. The SMILES string of the molecule is CC(C)CC(NC(=O)c1ccc(N2CCNCC2)cc1)C(=O)N1CCC2C1C(=O)CN2C(=O)Nc1ccccc1. The van der Waals surface area contributed by atoms with E-state index in [1.165, 1.54) is 4.90 Å². The monoisotopic (exact) mass is 546 g/mol. The molecular weight excluding hydrogens is 508 g/mol. The molecule has 3 atom stereocenters. The summed E-state index contributed by atoms with van der Waals surface area (Å²) in [6.07, 6.45) is 0.962. The van der Waals surface area contributed by atoms with Gasteiger partial charge in [0.2, 0.25) is 5.91 Å². The van der Waals surface area contributed by atoms with E-state index in [1.807, 2.05) is 44.2 Å². The highest BCUT2D eigenvalue weighted by Gasteiger charge is 2.52. The second-order valence-electron chi connectivity index (χ2n) is 11.2. The number of hydrogen-bond donors (Lipinski definition) is 3. The van der Waals surface area contributed by atoms with Crippen LogP contribution in [-0.2, 0) is 9.59 Å². The van der Waals surface area contributed by atoms with Gasteiger partial charge in [-0.05, 0) is 55.2 Å². The summed E-state index contributed by atoms with van der Waals surface area (Å²) in [4.78, 5) is 58.4. The van der Waals surface area contributed by atoms with E-state index in [9.17, 15) is 19.2 Å². The van der Waals surface area contributed by atoms with Crippen LogP contribution >= 0.6 is 0 Å². The summed E-state index contributed by atoms with van der Waals surface area (Å²) < 4.78 is 0. The number of ketones is 1. The van der Waals surface area contributed by atoms with Crippen molar-refractivity contribution in [3.8, 4) is 0 Å². The number of hydrogen-bond acceptors (Lipinski definition) is 6. The van der Waals surface area contributed by atoms with Gasteiger partial charge in [-0.15, -0.1) is 0 Å². The van der Waals surface area contributed by atoms with Crippen molar-refractivity contribution in [3.63, 3.8) is 0 Å². The molecule has 3 heterocycles. The van der Waals surface area contributed by atoms with E-state index in [-0.39, 0.29) is 42.1 Å². The summed E-state index contributed by atoms with van der Waals surface area (Å²) in [5.41, 5.74) is 2.20. The molecule has 0 bridgehead atoms. The smallest absolute Gasteiger partial charge is 0.322 e. The number of carbonyl (C=O) groups is 4. The Kier molecular flexibility index (Phi) is 8.35. The zero-order chi connectivity index (χ0) is 28.2. The van der Waals surface area contributed by atoms with Crippen molar-refractivity contribution in [1.82, 2.24) is 20.4 Å². The number of likely N-dealkylation sites (tertiary alicyclic amines) is 2. The van der Waals surface area contributed by atoms with Gasteiger partial charge in [0.15, 0.2) is 5.78 Å². The van der Waals surface area contributed by atoms with E-state index in [4.69, 9.17) is 0 Å². The second-order valence-corrected chi connectivity index (χ2v) is 11.2. The fourth-order valence-corrected chi connectivity index (χ4v) is 5.94. The lowest BCUT2D eigenvalue weighted by molar-refractivity contribution is -0.138. The van der Waals surface area contributed by atoms with Crippen molar-refractivity contribution >= 4 is 35.0 Å². The molecule has 3 fully saturated rings. The Labute approximate surface area is 235 Å². The number of rotatable bonds is 7.